The highest BCUT2D eigenvalue weighted by molar-refractivity contribution is 5.56. The van der Waals surface area contributed by atoms with Gasteiger partial charge in [0, 0.05) is 6.04 Å². The fraction of sp³-hybridized carbons (Fsp3) is 0.889. The zero-order valence-electron chi connectivity index (χ0n) is 8.75. The number of methoxy groups -OCH3 is 1. The molecule has 0 radical (unpaired) electrons. The molecule has 0 aliphatic heterocycles. The summed E-state index contributed by atoms with van der Waals surface area (Å²) >= 11 is 0. The third-order valence-electron chi connectivity index (χ3n) is 1.44. The van der Waals surface area contributed by atoms with Crippen LogP contribution in [0.2, 0.25) is 0 Å². The molecule has 0 saturated heterocycles. The van der Waals surface area contributed by atoms with Crippen LogP contribution in [0.4, 0.5) is 4.79 Å². The van der Waals surface area contributed by atoms with Crippen LogP contribution in [-0.2, 0) is 4.74 Å². The van der Waals surface area contributed by atoms with Crippen LogP contribution in [0.15, 0.2) is 0 Å². The number of ether oxygens (including phenoxy) is 1. The number of nitrogens with two attached hydrogens (primary N) is 1. The number of carboxylic acid groups (broad SMARTS) is 1. The third-order valence-corrected chi connectivity index (χ3v) is 1.44. The molecule has 0 fully saturated rings. The topological polar surface area (TPSA) is 72.5 Å². The summed E-state index contributed by atoms with van der Waals surface area (Å²) in [5.41, 5.74) is 5.53. The molecule has 0 aliphatic carbocycles. The second-order valence-electron chi connectivity index (χ2n) is 2.94. The number of rotatable bonds is 4. The molecule has 0 rings (SSSR count). The first-order valence-corrected chi connectivity index (χ1v) is 4.57. The number of hydrogen-bond acceptors (Lipinski definition) is 3. The van der Waals surface area contributed by atoms with Gasteiger partial charge in [-0.15, -0.1) is 0 Å². The van der Waals surface area contributed by atoms with E-state index in [0.29, 0.717) is 6.04 Å². The number of carbonyl (C=O) groups is 1. The van der Waals surface area contributed by atoms with Crippen molar-refractivity contribution >= 4 is 6.16 Å². The van der Waals surface area contributed by atoms with Crippen molar-refractivity contribution < 1.29 is 14.6 Å². The third kappa shape index (κ3) is 24.6. The van der Waals surface area contributed by atoms with Crippen LogP contribution in [0.3, 0.4) is 0 Å². The van der Waals surface area contributed by atoms with Gasteiger partial charge in [0.2, 0.25) is 0 Å². The Morgan fingerprint density at radius 1 is 1.54 bits per heavy atom. The van der Waals surface area contributed by atoms with Crippen LogP contribution in [0.25, 0.3) is 0 Å². The van der Waals surface area contributed by atoms with Crippen LogP contribution in [0, 0.1) is 0 Å². The van der Waals surface area contributed by atoms with Crippen LogP contribution in [0.5, 0.6) is 0 Å². The standard InChI is InChI=1S/C7H17N.C2H4O3/c1-3-4-5-6-7(2)8;1-5-2(3)4/h7H,3-6,8H2,1-2H3;1H3,(H,3,4). The highest BCUT2D eigenvalue weighted by Crippen LogP contribution is 1.99. The summed E-state index contributed by atoms with van der Waals surface area (Å²) in [6, 6.07) is 0.404. The normalized spacial score (nSPS) is 11.1. The Balaban J connectivity index is 0. The monoisotopic (exact) mass is 191 g/mol. The van der Waals surface area contributed by atoms with E-state index in [1.807, 2.05) is 0 Å². The molecule has 1 atom stereocenters. The van der Waals surface area contributed by atoms with Crippen molar-refractivity contribution in [3.05, 3.63) is 0 Å². The quantitative estimate of drug-likeness (QED) is 0.528. The van der Waals surface area contributed by atoms with E-state index in [-0.39, 0.29) is 0 Å². The lowest BCUT2D eigenvalue weighted by molar-refractivity contribution is 0.114. The zero-order chi connectivity index (χ0) is 10.7. The Bertz CT molecular complexity index is 115. The Hall–Kier alpha value is -0.770. The van der Waals surface area contributed by atoms with Crippen LogP contribution >= 0.6 is 0 Å². The first-order valence-electron chi connectivity index (χ1n) is 4.57. The maximum Gasteiger partial charge on any atom is 0.505 e. The summed E-state index contributed by atoms with van der Waals surface area (Å²) in [5.74, 6) is 0. The van der Waals surface area contributed by atoms with E-state index in [1.165, 1.54) is 25.7 Å². The fourth-order valence-electron chi connectivity index (χ4n) is 0.716. The van der Waals surface area contributed by atoms with Crippen LogP contribution in [-0.4, -0.2) is 24.4 Å². The van der Waals surface area contributed by atoms with Crippen molar-refractivity contribution in [3.63, 3.8) is 0 Å². The van der Waals surface area contributed by atoms with E-state index in [4.69, 9.17) is 15.6 Å². The average molecular weight is 191 g/mol. The first-order chi connectivity index (χ1) is 6.04. The van der Waals surface area contributed by atoms with Gasteiger partial charge in [0.25, 0.3) is 0 Å². The average Bonchev–Trinajstić information content (AvgIpc) is 2.05. The molecular formula is C9H21NO3. The van der Waals surface area contributed by atoms with Crippen molar-refractivity contribution in [1.82, 2.24) is 0 Å². The molecule has 0 aromatic rings. The molecule has 0 aliphatic rings. The second kappa shape index (κ2) is 11.2. The lowest BCUT2D eigenvalue weighted by atomic mass is 10.1. The van der Waals surface area contributed by atoms with Gasteiger partial charge in [-0.3, -0.25) is 0 Å². The summed E-state index contributed by atoms with van der Waals surface area (Å²) in [5, 5.41) is 7.50. The molecule has 0 saturated carbocycles. The summed E-state index contributed by atoms with van der Waals surface area (Å²) in [6.07, 6.45) is 3.88. The fourth-order valence-corrected chi connectivity index (χ4v) is 0.716. The smallest absolute Gasteiger partial charge is 0.450 e. The lowest BCUT2D eigenvalue weighted by Crippen LogP contribution is -2.13. The molecule has 13 heavy (non-hydrogen) atoms. The molecule has 0 bridgehead atoms. The second-order valence-corrected chi connectivity index (χ2v) is 2.94. The zero-order valence-corrected chi connectivity index (χ0v) is 8.75. The first kappa shape index (κ1) is 14.7. The molecule has 4 heteroatoms. The summed E-state index contributed by atoms with van der Waals surface area (Å²) < 4.78 is 3.67. The highest BCUT2D eigenvalue weighted by Gasteiger charge is 1.90. The van der Waals surface area contributed by atoms with Gasteiger partial charge in [-0.2, -0.15) is 0 Å². The van der Waals surface area contributed by atoms with E-state index in [9.17, 15) is 0 Å². The molecule has 0 aromatic heterocycles. The Kier molecular flexibility index (Phi) is 12.7. The summed E-state index contributed by atoms with van der Waals surface area (Å²) in [4.78, 5) is 9.15. The molecule has 0 spiro atoms. The van der Waals surface area contributed by atoms with E-state index in [1.54, 1.807) is 0 Å². The molecule has 0 amide bonds. The van der Waals surface area contributed by atoms with Crippen molar-refractivity contribution in [2.45, 2.75) is 45.6 Å². The SMILES string of the molecule is CCCCCC(C)N.COC(=O)O. The van der Waals surface area contributed by atoms with Gasteiger partial charge in [0.15, 0.2) is 0 Å². The van der Waals surface area contributed by atoms with E-state index in [2.05, 4.69) is 18.6 Å². The molecule has 4 nitrogen and oxygen atoms in total. The lowest BCUT2D eigenvalue weighted by Gasteiger charge is -2.01. The van der Waals surface area contributed by atoms with Crippen LogP contribution < -0.4 is 5.73 Å². The van der Waals surface area contributed by atoms with Gasteiger partial charge in [0.05, 0.1) is 7.11 Å². The minimum atomic E-state index is -1.25. The molecule has 0 heterocycles. The maximum atomic E-state index is 9.15. The highest BCUT2D eigenvalue weighted by atomic mass is 16.6. The molecule has 3 N–H and O–H groups in total. The van der Waals surface area contributed by atoms with Crippen molar-refractivity contribution in [2.24, 2.45) is 5.73 Å². The minimum Gasteiger partial charge on any atom is -0.450 e. The molecule has 1 unspecified atom stereocenters. The largest absolute Gasteiger partial charge is 0.505 e. The van der Waals surface area contributed by atoms with Crippen molar-refractivity contribution in [3.8, 4) is 0 Å². The van der Waals surface area contributed by atoms with Gasteiger partial charge in [-0.25, -0.2) is 4.79 Å². The number of hydrogen-bond donors (Lipinski definition) is 2. The van der Waals surface area contributed by atoms with Crippen LogP contribution in [0.1, 0.15) is 39.5 Å². The van der Waals surface area contributed by atoms with Crippen molar-refractivity contribution in [2.75, 3.05) is 7.11 Å². The molecular weight excluding hydrogens is 170 g/mol. The van der Waals surface area contributed by atoms with Gasteiger partial charge in [0.1, 0.15) is 0 Å². The predicted molar refractivity (Wildman–Crippen MR) is 52.8 cm³/mol. The van der Waals surface area contributed by atoms with Gasteiger partial charge < -0.3 is 15.6 Å². The molecule has 80 valence electrons. The van der Waals surface area contributed by atoms with Gasteiger partial charge in [-0.05, 0) is 13.3 Å². The van der Waals surface area contributed by atoms with Gasteiger partial charge in [-0.1, -0.05) is 26.2 Å². The summed E-state index contributed by atoms with van der Waals surface area (Å²) in [7, 11) is 1.10. The summed E-state index contributed by atoms with van der Waals surface area (Å²) in [6.45, 7) is 4.27. The maximum absolute atomic E-state index is 9.15. The molecule has 0 aromatic carbocycles. The van der Waals surface area contributed by atoms with E-state index in [0.717, 1.165) is 7.11 Å². The van der Waals surface area contributed by atoms with E-state index >= 15 is 0 Å². The van der Waals surface area contributed by atoms with Gasteiger partial charge >= 0.3 is 6.16 Å². The minimum absolute atomic E-state index is 0.404. The Morgan fingerprint density at radius 3 is 2.23 bits per heavy atom. The Labute approximate surface area is 80.1 Å². The number of unbranched alkanes of at least 4 members (excludes halogenated alkanes) is 2. The predicted octanol–water partition coefficient (Wildman–Crippen LogP) is 2.22. The van der Waals surface area contributed by atoms with Crippen molar-refractivity contribution in [1.29, 1.82) is 0 Å². The van der Waals surface area contributed by atoms with E-state index < -0.39 is 6.16 Å². The Morgan fingerprint density at radius 2 is 2.00 bits per heavy atom.